The summed E-state index contributed by atoms with van der Waals surface area (Å²) in [5, 5.41) is 1.18. The van der Waals surface area contributed by atoms with E-state index >= 15 is 0 Å². The Morgan fingerprint density at radius 1 is 0.949 bits per heavy atom. The molecule has 2 heterocycles. The summed E-state index contributed by atoms with van der Waals surface area (Å²) in [6.07, 6.45) is 0.401. The number of anilines is 1. The van der Waals surface area contributed by atoms with Crippen LogP contribution < -0.4 is 9.64 Å². The lowest BCUT2D eigenvalue weighted by atomic mass is 10.0. The van der Waals surface area contributed by atoms with Crippen molar-refractivity contribution in [1.29, 1.82) is 0 Å². The summed E-state index contributed by atoms with van der Waals surface area (Å²) in [5.74, 6) is 0.571. The monoisotopic (exact) mass is 560 g/mol. The van der Waals surface area contributed by atoms with Crippen molar-refractivity contribution in [3.05, 3.63) is 105 Å². The van der Waals surface area contributed by atoms with Gasteiger partial charge >= 0.3 is 0 Å². The average Bonchev–Trinajstić information content (AvgIpc) is 3.45. The Balaban J connectivity index is 1.80. The summed E-state index contributed by atoms with van der Waals surface area (Å²) in [4.78, 5) is 28.7. The molecule has 5 nitrogen and oxygen atoms in total. The maximum Gasteiger partial charge on any atom is 0.261 e. The number of hydrogen-bond donors (Lipinski definition) is 0. The van der Waals surface area contributed by atoms with Crippen molar-refractivity contribution in [2.75, 3.05) is 12.0 Å². The van der Waals surface area contributed by atoms with Crippen LogP contribution in [-0.2, 0) is 0 Å². The molecule has 0 aliphatic carbocycles. The lowest BCUT2D eigenvalue weighted by Gasteiger charge is -2.30. The Kier molecular flexibility index (Phi) is 7.32. The molecule has 0 unspecified atom stereocenters. The van der Waals surface area contributed by atoms with E-state index in [4.69, 9.17) is 27.9 Å². The zero-order valence-electron chi connectivity index (χ0n) is 22.6. The average molecular weight is 562 g/mol. The largest absolute Gasteiger partial charge is 0.496 e. The van der Waals surface area contributed by atoms with Crippen molar-refractivity contribution in [2.45, 2.75) is 46.2 Å². The standard InChI is InChI=1S/C32H30Cl2N2O3/c1-6-28(37)21-10-14-29(39-5)24(15-21)27-17-25-31(35(27)18(2)3)30(20-8-12-22(33)13-9-20)36(32(25)38)26-16-23(34)11-7-19(26)4/h7-18,30H,6H2,1-5H3/t30-/m0/s1. The molecule has 0 radical (unpaired) electrons. The van der Waals surface area contributed by atoms with Crippen LogP contribution in [0.5, 0.6) is 5.75 Å². The molecule has 3 aromatic carbocycles. The van der Waals surface area contributed by atoms with E-state index < -0.39 is 6.04 Å². The minimum absolute atomic E-state index is 0.00185. The Labute approximate surface area is 238 Å². The summed E-state index contributed by atoms with van der Waals surface area (Å²) in [5.41, 5.74) is 6.32. The second-order valence-electron chi connectivity index (χ2n) is 10.0. The van der Waals surface area contributed by atoms with E-state index in [0.29, 0.717) is 33.3 Å². The number of ketones is 1. The van der Waals surface area contributed by atoms with E-state index in [-0.39, 0.29) is 17.7 Å². The topological polar surface area (TPSA) is 51.5 Å². The number of aromatic nitrogens is 1. The number of halogens is 2. The zero-order chi connectivity index (χ0) is 28.0. The van der Waals surface area contributed by atoms with Crippen molar-refractivity contribution in [2.24, 2.45) is 0 Å². The number of hydrogen-bond acceptors (Lipinski definition) is 3. The molecule has 4 aromatic rings. The number of aryl methyl sites for hydroxylation is 1. The van der Waals surface area contributed by atoms with Crippen molar-refractivity contribution in [3.63, 3.8) is 0 Å². The van der Waals surface area contributed by atoms with Gasteiger partial charge in [-0.1, -0.05) is 48.3 Å². The van der Waals surface area contributed by atoms with E-state index in [2.05, 4.69) is 18.4 Å². The van der Waals surface area contributed by atoms with Crippen LogP contribution in [0.2, 0.25) is 10.0 Å². The van der Waals surface area contributed by atoms with Crippen LogP contribution in [0.25, 0.3) is 11.3 Å². The van der Waals surface area contributed by atoms with E-state index in [9.17, 15) is 9.59 Å². The molecular weight excluding hydrogens is 531 g/mol. The molecule has 0 bridgehead atoms. The minimum atomic E-state index is -0.412. The van der Waals surface area contributed by atoms with Gasteiger partial charge in [0, 0.05) is 39.3 Å². The normalized spacial score (nSPS) is 14.7. The number of methoxy groups -OCH3 is 1. The fourth-order valence-electron chi connectivity index (χ4n) is 5.45. The van der Waals surface area contributed by atoms with Gasteiger partial charge in [0.25, 0.3) is 5.91 Å². The fraction of sp³-hybridized carbons (Fsp3) is 0.250. The number of fused-ring (bicyclic) bond motifs is 1. The Hall–Kier alpha value is -3.54. The smallest absolute Gasteiger partial charge is 0.261 e. The Morgan fingerprint density at radius 3 is 2.28 bits per heavy atom. The molecule has 0 fully saturated rings. The quantitative estimate of drug-likeness (QED) is 0.212. The number of ether oxygens (including phenoxy) is 1. The zero-order valence-corrected chi connectivity index (χ0v) is 24.1. The van der Waals surface area contributed by atoms with Gasteiger partial charge < -0.3 is 9.30 Å². The first-order chi connectivity index (χ1) is 18.7. The lowest BCUT2D eigenvalue weighted by Crippen LogP contribution is -2.30. The Bertz CT molecular complexity index is 1590. The van der Waals surface area contributed by atoms with E-state index in [1.54, 1.807) is 13.2 Å². The number of rotatable bonds is 7. The first-order valence-electron chi connectivity index (χ1n) is 13.0. The van der Waals surface area contributed by atoms with Crippen LogP contribution in [0.1, 0.15) is 76.8 Å². The molecule has 1 aliphatic rings. The second kappa shape index (κ2) is 10.6. The number of Topliss-reactive ketones (excluding diaryl/α,β-unsaturated/α-hetero) is 1. The van der Waals surface area contributed by atoms with E-state index in [1.165, 1.54) is 0 Å². The molecule has 0 saturated heterocycles. The fourth-order valence-corrected chi connectivity index (χ4v) is 5.74. The van der Waals surface area contributed by atoms with Crippen LogP contribution >= 0.6 is 23.2 Å². The molecule has 39 heavy (non-hydrogen) atoms. The van der Waals surface area contributed by atoms with Gasteiger partial charge in [0.2, 0.25) is 0 Å². The number of benzene rings is 3. The molecule has 1 amide bonds. The highest BCUT2D eigenvalue weighted by molar-refractivity contribution is 6.31. The summed E-state index contributed by atoms with van der Waals surface area (Å²) >= 11 is 12.7. The van der Waals surface area contributed by atoms with E-state index in [0.717, 1.165) is 33.8 Å². The summed E-state index contributed by atoms with van der Waals surface area (Å²) in [7, 11) is 1.61. The first kappa shape index (κ1) is 27.0. The summed E-state index contributed by atoms with van der Waals surface area (Å²) < 4.78 is 7.91. The van der Waals surface area contributed by atoms with Crippen molar-refractivity contribution < 1.29 is 14.3 Å². The highest BCUT2D eigenvalue weighted by Crippen LogP contribution is 2.48. The van der Waals surface area contributed by atoms with Gasteiger partial charge in [0.15, 0.2) is 5.78 Å². The molecule has 7 heteroatoms. The number of nitrogens with zero attached hydrogens (tertiary/aromatic N) is 2. The molecular formula is C32H30Cl2N2O3. The summed E-state index contributed by atoms with van der Waals surface area (Å²) in [6, 6.07) is 20.2. The van der Waals surface area contributed by atoms with Gasteiger partial charge in [-0.05, 0) is 80.4 Å². The van der Waals surface area contributed by atoms with Gasteiger partial charge in [-0.2, -0.15) is 0 Å². The highest BCUT2D eigenvalue weighted by Gasteiger charge is 2.44. The molecule has 0 N–H and O–H groups in total. The number of carbonyl (C=O) groups excluding carboxylic acids is 2. The number of carbonyl (C=O) groups is 2. The third kappa shape index (κ3) is 4.64. The molecule has 0 saturated carbocycles. The van der Waals surface area contributed by atoms with Gasteiger partial charge in [-0.3, -0.25) is 14.5 Å². The third-order valence-corrected chi connectivity index (χ3v) is 7.78. The van der Waals surface area contributed by atoms with Crippen LogP contribution in [0.15, 0.2) is 66.7 Å². The van der Waals surface area contributed by atoms with Crippen LogP contribution in [-0.4, -0.2) is 23.4 Å². The van der Waals surface area contributed by atoms with Crippen molar-refractivity contribution in [1.82, 2.24) is 4.57 Å². The van der Waals surface area contributed by atoms with Crippen molar-refractivity contribution in [3.8, 4) is 17.0 Å². The molecule has 0 spiro atoms. The second-order valence-corrected chi connectivity index (χ2v) is 10.9. The number of amides is 1. The molecule has 1 aromatic heterocycles. The molecule has 1 aliphatic heterocycles. The molecule has 200 valence electrons. The maximum atomic E-state index is 14.3. The predicted molar refractivity (Wildman–Crippen MR) is 158 cm³/mol. The molecule has 5 rings (SSSR count). The maximum absolute atomic E-state index is 14.3. The minimum Gasteiger partial charge on any atom is -0.496 e. The lowest BCUT2D eigenvalue weighted by molar-refractivity contribution is 0.0982. The van der Waals surface area contributed by atoms with Gasteiger partial charge in [-0.25, -0.2) is 0 Å². The van der Waals surface area contributed by atoms with E-state index in [1.807, 2.05) is 79.4 Å². The highest BCUT2D eigenvalue weighted by atomic mass is 35.5. The van der Waals surface area contributed by atoms with Gasteiger partial charge in [-0.15, -0.1) is 0 Å². The van der Waals surface area contributed by atoms with Crippen LogP contribution in [0, 0.1) is 6.92 Å². The Morgan fingerprint density at radius 2 is 1.64 bits per heavy atom. The summed E-state index contributed by atoms with van der Waals surface area (Å²) in [6.45, 7) is 8.01. The van der Waals surface area contributed by atoms with Gasteiger partial charge in [0.1, 0.15) is 11.8 Å². The van der Waals surface area contributed by atoms with Gasteiger partial charge in [0.05, 0.1) is 24.1 Å². The first-order valence-corrected chi connectivity index (χ1v) is 13.7. The molecule has 1 atom stereocenters. The van der Waals surface area contributed by atoms with Crippen LogP contribution in [0.3, 0.4) is 0 Å². The van der Waals surface area contributed by atoms with Crippen LogP contribution in [0.4, 0.5) is 5.69 Å². The SMILES string of the molecule is CCC(=O)c1ccc(OC)c(-c2cc3c(n2C(C)C)[C@H](c2ccc(Cl)cc2)N(c2cc(Cl)ccc2C)C3=O)c1. The predicted octanol–water partition coefficient (Wildman–Crippen LogP) is 8.70. The third-order valence-electron chi connectivity index (χ3n) is 7.29. The van der Waals surface area contributed by atoms with Crippen molar-refractivity contribution >= 4 is 40.6 Å².